The third-order valence-electron chi connectivity index (χ3n) is 2.67. The second kappa shape index (κ2) is 3.66. The van der Waals surface area contributed by atoms with Gasteiger partial charge in [0.25, 0.3) is 0 Å². The van der Waals surface area contributed by atoms with Crippen molar-refractivity contribution in [1.29, 1.82) is 0 Å². The molecule has 0 aromatic heterocycles. The van der Waals surface area contributed by atoms with E-state index >= 15 is 0 Å². The van der Waals surface area contributed by atoms with Crippen LogP contribution in [0.3, 0.4) is 0 Å². The molecule has 1 aliphatic rings. The van der Waals surface area contributed by atoms with Crippen LogP contribution in [0, 0.1) is 0 Å². The van der Waals surface area contributed by atoms with Crippen LogP contribution in [0.4, 0.5) is 0 Å². The van der Waals surface area contributed by atoms with Crippen LogP contribution < -0.4 is 4.74 Å². The highest BCUT2D eigenvalue weighted by atomic mass is 35.5. The van der Waals surface area contributed by atoms with Crippen molar-refractivity contribution in [3.63, 3.8) is 0 Å². The summed E-state index contributed by atoms with van der Waals surface area (Å²) in [6, 6.07) is 3.95. The van der Waals surface area contributed by atoms with Crippen molar-refractivity contribution in [2.45, 2.75) is 19.8 Å². The first-order chi connectivity index (χ1) is 6.72. The third-order valence-corrected chi connectivity index (χ3v) is 3.01. The second-order valence-electron chi connectivity index (χ2n) is 3.56. The summed E-state index contributed by atoms with van der Waals surface area (Å²) in [6.07, 6.45) is 4.37. The summed E-state index contributed by atoms with van der Waals surface area (Å²) in [5.41, 5.74) is 3.79. The molecule has 0 bridgehead atoms. The van der Waals surface area contributed by atoms with Crippen LogP contribution in [-0.4, -0.2) is 7.11 Å². The van der Waals surface area contributed by atoms with Gasteiger partial charge in [-0.15, -0.1) is 0 Å². The van der Waals surface area contributed by atoms with E-state index in [9.17, 15) is 0 Å². The number of benzene rings is 1. The molecule has 0 N–H and O–H groups in total. The molecular formula is C12H13ClO. The van der Waals surface area contributed by atoms with Gasteiger partial charge in [-0.1, -0.05) is 17.7 Å². The van der Waals surface area contributed by atoms with Gasteiger partial charge in [-0.25, -0.2) is 0 Å². The Bertz CT molecular complexity index is 394. The molecular weight excluding hydrogens is 196 g/mol. The summed E-state index contributed by atoms with van der Waals surface area (Å²) >= 11 is 6.18. The smallest absolute Gasteiger partial charge is 0.120 e. The van der Waals surface area contributed by atoms with Crippen molar-refractivity contribution in [3.8, 4) is 5.75 Å². The highest BCUT2D eigenvalue weighted by Gasteiger charge is 2.14. The fourth-order valence-corrected chi connectivity index (χ4v) is 2.18. The van der Waals surface area contributed by atoms with Crippen LogP contribution in [-0.2, 0) is 6.42 Å². The predicted molar refractivity (Wildman–Crippen MR) is 60.0 cm³/mol. The van der Waals surface area contributed by atoms with E-state index in [0.717, 1.165) is 23.6 Å². The molecule has 0 saturated heterocycles. The van der Waals surface area contributed by atoms with Crippen LogP contribution in [0.5, 0.6) is 5.75 Å². The molecule has 1 aromatic carbocycles. The average molecular weight is 209 g/mol. The molecule has 0 heterocycles. The summed E-state index contributed by atoms with van der Waals surface area (Å²) in [5, 5.41) is 0.826. The van der Waals surface area contributed by atoms with Gasteiger partial charge in [-0.3, -0.25) is 0 Å². The maximum Gasteiger partial charge on any atom is 0.120 e. The van der Waals surface area contributed by atoms with Crippen LogP contribution >= 0.6 is 11.6 Å². The Hall–Kier alpha value is -0.950. The number of rotatable bonds is 1. The lowest BCUT2D eigenvalue weighted by Crippen LogP contribution is -1.99. The van der Waals surface area contributed by atoms with Gasteiger partial charge in [0.15, 0.2) is 0 Å². The Morgan fingerprint density at radius 1 is 1.36 bits per heavy atom. The Labute approximate surface area is 89.3 Å². The molecule has 0 atom stereocenters. The molecule has 2 rings (SSSR count). The molecule has 14 heavy (non-hydrogen) atoms. The number of ether oxygens (including phenoxy) is 1. The van der Waals surface area contributed by atoms with Crippen LogP contribution in [0.15, 0.2) is 18.2 Å². The summed E-state index contributed by atoms with van der Waals surface area (Å²) in [7, 11) is 1.67. The van der Waals surface area contributed by atoms with E-state index in [2.05, 4.69) is 19.1 Å². The van der Waals surface area contributed by atoms with Gasteiger partial charge in [0, 0.05) is 5.02 Å². The fourth-order valence-electron chi connectivity index (χ4n) is 1.88. The lowest BCUT2D eigenvalue weighted by atomic mass is 9.91. The molecule has 0 amide bonds. The lowest BCUT2D eigenvalue weighted by Gasteiger charge is -2.17. The highest BCUT2D eigenvalue weighted by Crippen LogP contribution is 2.34. The molecule has 0 unspecified atom stereocenters. The standard InChI is InChI=1S/C12H13ClO/c1-8-4-3-5-10-11(8)6-9(14-2)7-12(10)13/h4,6-7H,3,5H2,1-2H3. The molecule has 0 spiro atoms. The molecule has 74 valence electrons. The molecule has 1 aromatic rings. The number of hydrogen-bond acceptors (Lipinski definition) is 1. The topological polar surface area (TPSA) is 9.23 Å². The van der Waals surface area contributed by atoms with Gasteiger partial charge in [-0.2, -0.15) is 0 Å². The second-order valence-corrected chi connectivity index (χ2v) is 3.97. The maximum atomic E-state index is 6.18. The zero-order valence-corrected chi connectivity index (χ0v) is 9.19. The summed E-state index contributed by atoms with van der Waals surface area (Å²) < 4.78 is 5.20. The molecule has 0 radical (unpaired) electrons. The molecule has 0 saturated carbocycles. The molecule has 0 fully saturated rings. The van der Waals surface area contributed by atoms with Crippen LogP contribution in [0.2, 0.25) is 5.02 Å². The van der Waals surface area contributed by atoms with Crippen molar-refractivity contribution >= 4 is 17.2 Å². The minimum atomic E-state index is 0.826. The SMILES string of the molecule is COc1cc(Cl)c2c(c1)C(C)=CCC2. The van der Waals surface area contributed by atoms with E-state index in [-0.39, 0.29) is 0 Å². The van der Waals surface area contributed by atoms with E-state index in [4.69, 9.17) is 16.3 Å². The first kappa shape index (κ1) is 9.60. The van der Waals surface area contributed by atoms with Crippen LogP contribution in [0.25, 0.3) is 5.57 Å². The first-order valence-electron chi connectivity index (χ1n) is 4.76. The van der Waals surface area contributed by atoms with Crippen molar-refractivity contribution in [2.24, 2.45) is 0 Å². The zero-order valence-electron chi connectivity index (χ0n) is 8.43. The maximum absolute atomic E-state index is 6.18. The average Bonchev–Trinajstić information content (AvgIpc) is 2.19. The van der Waals surface area contributed by atoms with Crippen molar-refractivity contribution in [3.05, 3.63) is 34.4 Å². The first-order valence-corrected chi connectivity index (χ1v) is 5.13. The van der Waals surface area contributed by atoms with E-state index in [1.54, 1.807) is 7.11 Å². The van der Waals surface area contributed by atoms with Crippen molar-refractivity contribution in [1.82, 2.24) is 0 Å². The highest BCUT2D eigenvalue weighted by molar-refractivity contribution is 6.31. The van der Waals surface area contributed by atoms with E-state index in [1.807, 2.05) is 6.07 Å². The monoisotopic (exact) mass is 208 g/mol. The van der Waals surface area contributed by atoms with Gasteiger partial charge < -0.3 is 4.74 Å². The predicted octanol–water partition coefficient (Wildman–Crippen LogP) is 3.70. The minimum absolute atomic E-state index is 0.826. The number of hydrogen-bond donors (Lipinski definition) is 0. The van der Waals surface area contributed by atoms with Gasteiger partial charge in [0.1, 0.15) is 5.75 Å². The number of fused-ring (bicyclic) bond motifs is 1. The van der Waals surface area contributed by atoms with E-state index in [0.29, 0.717) is 0 Å². The Morgan fingerprint density at radius 2 is 2.14 bits per heavy atom. The van der Waals surface area contributed by atoms with Gasteiger partial charge in [0.05, 0.1) is 7.11 Å². The minimum Gasteiger partial charge on any atom is -0.497 e. The van der Waals surface area contributed by atoms with Gasteiger partial charge in [-0.05, 0) is 48.6 Å². The zero-order chi connectivity index (χ0) is 10.1. The number of methoxy groups -OCH3 is 1. The molecule has 1 nitrogen and oxygen atoms in total. The van der Waals surface area contributed by atoms with E-state index in [1.165, 1.54) is 16.7 Å². The summed E-state index contributed by atoms with van der Waals surface area (Å²) in [5.74, 6) is 0.836. The van der Waals surface area contributed by atoms with Gasteiger partial charge in [0.2, 0.25) is 0 Å². The Balaban J connectivity index is 2.60. The number of allylic oxidation sites excluding steroid dienone is 2. The quantitative estimate of drug-likeness (QED) is 0.684. The van der Waals surface area contributed by atoms with Crippen molar-refractivity contribution in [2.75, 3.05) is 7.11 Å². The summed E-state index contributed by atoms with van der Waals surface area (Å²) in [6.45, 7) is 2.12. The van der Waals surface area contributed by atoms with Crippen molar-refractivity contribution < 1.29 is 4.74 Å². The molecule has 2 heteroatoms. The lowest BCUT2D eigenvalue weighted by molar-refractivity contribution is 0.414. The van der Waals surface area contributed by atoms with Gasteiger partial charge >= 0.3 is 0 Å². The van der Waals surface area contributed by atoms with Crippen LogP contribution in [0.1, 0.15) is 24.5 Å². The number of halogens is 1. The molecule has 0 aliphatic heterocycles. The largest absolute Gasteiger partial charge is 0.497 e. The fraction of sp³-hybridized carbons (Fsp3) is 0.333. The normalized spacial score (nSPS) is 14.6. The third kappa shape index (κ3) is 1.53. The van der Waals surface area contributed by atoms with E-state index < -0.39 is 0 Å². The Morgan fingerprint density at radius 3 is 2.86 bits per heavy atom. The Kier molecular flexibility index (Phi) is 2.51. The molecule has 1 aliphatic carbocycles. The summed E-state index contributed by atoms with van der Waals surface area (Å²) in [4.78, 5) is 0.